The van der Waals surface area contributed by atoms with Gasteiger partial charge >= 0.3 is 11.7 Å². The molecule has 0 fully saturated rings. The first-order chi connectivity index (χ1) is 10.6. The topological polar surface area (TPSA) is 78.2 Å². The van der Waals surface area contributed by atoms with Gasteiger partial charge in [0.2, 0.25) is 5.95 Å². The van der Waals surface area contributed by atoms with Gasteiger partial charge < -0.3 is 10.1 Å². The number of hydrogen-bond donors (Lipinski definition) is 1. The fourth-order valence-corrected chi connectivity index (χ4v) is 2.32. The molecule has 0 amide bonds. The number of anilines is 1. The molecule has 114 valence electrons. The molecule has 2 aromatic rings. The maximum Gasteiger partial charge on any atom is 0.352 e. The number of esters is 1. The molecule has 22 heavy (non-hydrogen) atoms. The number of nitrogens with zero attached hydrogens (tertiary/aromatic N) is 3. The molecular formula is C15H16N4O3. The van der Waals surface area contributed by atoms with Gasteiger partial charge in [-0.3, -0.25) is 4.57 Å². The largest absolute Gasteiger partial charge is 0.463 e. The third-order valence-electron chi connectivity index (χ3n) is 3.45. The third-order valence-corrected chi connectivity index (χ3v) is 3.45. The predicted molar refractivity (Wildman–Crippen MR) is 80.8 cm³/mol. The molecule has 0 saturated heterocycles. The van der Waals surface area contributed by atoms with E-state index in [1.165, 1.54) is 9.25 Å². The van der Waals surface area contributed by atoms with E-state index < -0.39 is 5.97 Å². The molecule has 1 aliphatic rings. The van der Waals surface area contributed by atoms with E-state index in [1.807, 2.05) is 18.2 Å². The van der Waals surface area contributed by atoms with Crippen LogP contribution in [0, 0.1) is 0 Å². The van der Waals surface area contributed by atoms with Gasteiger partial charge in [-0.25, -0.2) is 9.59 Å². The zero-order valence-electron chi connectivity index (χ0n) is 12.4. The van der Waals surface area contributed by atoms with Crippen molar-refractivity contribution in [1.82, 2.24) is 14.3 Å². The van der Waals surface area contributed by atoms with E-state index in [4.69, 9.17) is 4.74 Å². The van der Waals surface area contributed by atoms with Crippen molar-refractivity contribution in [2.45, 2.75) is 20.4 Å². The van der Waals surface area contributed by atoms with Crippen molar-refractivity contribution in [1.29, 1.82) is 0 Å². The summed E-state index contributed by atoms with van der Waals surface area (Å²) in [6.07, 6.45) is 0. The molecule has 0 saturated carbocycles. The van der Waals surface area contributed by atoms with E-state index in [2.05, 4.69) is 10.4 Å². The molecule has 0 spiro atoms. The number of nitrogens with one attached hydrogen (secondary N) is 1. The van der Waals surface area contributed by atoms with Gasteiger partial charge in [-0.2, -0.15) is 4.68 Å². The van der Waals surface area contributed by atoms with Crippen molar-refractivity contribution in [2.24, 2.45) is 0 Å². The van der Waals surface area contributed by atoms with Gasteiger partial charge in [-0.1, -0.05) is 18.2 Å². The molecule has 0 bridgehead atoms. The lowest BCUT2D eigenvalue weighted by atomic mass is 10.2. The number of aromatic nitrogens is 3. The zero-order chi connectivity index (χ0) is 15.7. The quantitative estimate of drug-likeness (QED) is 0.864. The Balaban J connectivity index is 2.00. The van der Waals surface area contributed by atoms with E-state index in [9.17, 15) is 9.59 Å². The Morgan fingerprint density at radius 1 is 1.36 bits per heavy atom. The summed E-state index contributed by atoms with van der Waals surface area (Å²) >= 11 is 0. The van der Waals surface area contributed by atoms with Gasteiger partial charge in [0.25, 0.3) is 0 Å². The number of carbonyl (C=O) groups excluding carboxylic acids is 1. The van der Waals surface area contributed by atoms with Crippen LogP contribution in [0.15, 0.2) is 46.4 Å². The first-order valence-corrected chi connectivity index (χ1v) is 7.01. The smallest absolute Gasteiger partial charge is 0.352 e. The maximum atomic E-state index is 12.5. The van der Waals surface area contributed by atoms with Crippen molar-refractivity contribution in [3.8, 4) is 5.69 Å². The first kappa shape index (κ1) is 14.1. The van der Waals surface area contributed by atoms with Crippen LogP contribution in [0.5, 0.6) is 0 Å². The summed E-state index contributed by atoms with van der Waals surface area (Å²) in [6.45, 7) is 3.95. The summed E-state index contributed by atoms with van der Waals surface area (Å²) in [4.78, 5) is 24.4. The lowest BCUT2D eigenvalue weighted by Crippen LogP contribution is -2.30. The van der Waals surface area contributed by atoms with E-state index in [-0.39, 0.29) is 12.2 Å². The second kappa shape index (κ2) is 5.51. The Morgan fingerprint density at radius 3 is 2.77 bits per heavy atom. The second-order valence-corrected chi connectivity index (χ2v) is 4.89. The average Bonchev–Trinajstić information content (AvgIpc) is 2.84. The number of fused-ring (bicyclic) bond motifs is 1. The van der Waals surface area contributed by atoms with Crippen LogP contribution >= 0.6 is 0 Å². The fourth-order valence-electron chi connectivity index (χ4n) is 2.32. The van der Waals surface area contributed by atoms with E-state index in [0.717, 1.165) is 0 Å². The first-order valence-electron chi connectivity index (χ1n) is 7.01. The minimum Gasteiger partial charge on any atom is -0.463 e. The Labute approximate surface area is 126 Å². The summed E-state index contributed by atoms with van der Waals surface area (Å²) in [5.74, 6) is -0.00286. The van der Waals surface area contributed by atoms with Gasteiger partial charge in [-0.15, -0.1) is 5.10 Å². The van der Waals surface area contributed by atoms with Crippen LogP contribution < -0.4 is 11.0 Å². The molecule has 0 radical (unpaired) electrons. The Hall–Kier alpha value is -2.83. The minimum absolute atomic E-state index is 0.151. The van der Waals surface area contributed by atoms with E-state index in [0.29, 0.717) is 29.5 Å². The Kier molecular flexibility index (Phi) is 3.54. The molecule has 0 unspecified atom stereocenters. The molecular weight excluding hydrogens is 284 g/mol. The zero-order valence-corrected chi connectivity index (χ0v) is 12.4. The van der Waals surface area contributed by atoms with Crippen molar-refractivity contribution in [3.63, 3.8) is 0 Å². The Morgan fingerprint density at radius 2 is 2.09 bits per heavy atom. The van der Waals surface area contributed by atoms with Crippen molar-refractivity contribution < 1.29 is 9.53 Å². The number of allylic oxidation sites excluding steroid dienone is 1. The lowest BCUT2D eigenvalue weighted by Gasteiger charge is -2.18. The van der Waals surface area contributed by atoms with Crippen molar-refractivity contribution >= 4 is 11.9 Å². The third kappa shape index (κ3) is 2.30. The van der Waals surface area contributed by atoms with Crippen LogP contribution in [-0.2, 0) is 16.1 Å². The maximum absolute atomic E-state index is 12.5. The summed E-state index contributed by atoms with van der Waals surface area (Å²) < 4.78 is 7.75. The molecule has 7 heteroatoms. The predicted octanol–water partition coefficient (Wildman–Crippen LogP) is 1.30. The molecule has 1 aliphatic heterocycles. The van der Waals surface area contributed by atoms with Crippen molar-refractivity contribution in [3.05, 3.63) is 52.1 Å². The highest BCUT2D eigenvalue weighted by molar-refractivity contribution is 5.90. The minimum atomic E-state index is -0.419. The van der Waals surface area contributed by atoms with E-state index >= 15 is 0 Å². The van der Waals surface area contributed by atoms with Gasteiger partial charge in [0.1, 0.15) is 0 Å². The number of carbonyl (C=O) groups is 1. The molecule has 0 aliphatic carbocycles. The van der Waals surface area contributed by atoms with Gasteiger partial charge in [0.15, 0.2) is 0 Å². The van der Waals surface area contributed by atoms with Gasteiger partial charge in [0.05, 0.1) is 24.4 Å². The second-order valence-electron chi connectivity index (χ2n) is 4.89. The normalized spacial score (nSPS) is 13.5. The summed E-state index contributed by atoms with van der Waals surface area (Å²) in [5.41, 5.74) is 1.45. The molecule has 1 aromatic carbocycles. The molecule has 1 aromatic heterocycles. The Bertz CT molecular complexity index is 802. The average molecular weight is 300 g/mol. The SMILES string of the molecule is CCOC(=O)C1=C(C)Nc2nn(-c3ccccc3)c(=O)n2C1. The van der Waals surface area contributed by atoms with Crippen LogP contribution in [0.25, 0.3) is 5.69 Å². The van der Waals surface area contributed by atoms with Crippen LogP contribution in [0.4, 0.5) is 5.95 Å². The number of ether oxygens (including phenoxy) is 1. The number of rotatable bonds is 3. The molecule has 2 heterocycles. The number of benzene rings is 1. The fraction of sp³-hybridized carbons (Fsp3) is 0.267. The van der Waals surface area contributed by atoms with Crippen LogP contribution in [0.1, 0.15) is 13.8 Å². The lowest BCUT2D eigenvalue weighted by molar-refractivity contribution is -0.138. The summed E-state index contributed by atoms with van der Waals surface area (Å²) in [7, 11) is 0. The molecule has 1 N–H and O–H groups in total. The summed E-state index contributed by atoms with van der Waals surface area (Å²) in [5, 5.41) is 7.27. The highest BCUT2D eigenvalue weighted by atomic mass is 16.5. The van der Waals surface area contributed by atoms with E-state index in [1.54, 1.807) is 26.0 Å². The summed E-state index contributed by atoms with van der Waals surface area (Å²) in [6, 6.07) is 9.13. The van der Waals surface area contributed by atoms with Gasteiger partial charge in [0, 0.05) is 5.70 Å². The number of para-hydroxylation sites is 1. The number of hydrogen-bond acceptors (Lipinski definition) is 5. The molecule has 7 nitrogen and oxygen atoms in total. The molecule has 0 atom stereocenters. The van der Waals surface area contributed by atoms with Crippen LogP contribution in [0.3, 0.4) is 0 Å². The van der Waals surface area contributed by atoms with Crippen LogP contribution in [0.2, 0.25) is 0 Å². The molecule has 3 rings (SSSR count). The van der Waals surface area contributed by atoms with Gasteiger partial charge in [-0.05, 0) is 26.0 Å². The monoisotopic (exact) mass is 300 g/mol. The van der Waals surface area contributed by atoms with Crippen LogP contribution in [-0.4, -0.2) is 26.9 Å². The standard InChI is InChI=1S/C15H16N4O3/c1-3-22-13(20)12-9-18-14(16-10(12)2)17-19(15(18)21)11-7-5-4-6-8-11/h4-8H,3,9H2,1-2H3,(H,16,17). The highest BCUT2D eigenvalue weighted by Crippen LogP contribution is 2.19. The van der Waals surface area contributed by atoms with Crippen molar-refractivity contribution in [2.75, 3.05) is 11.9 Å². The highest BCUT2D eigenvalue weighted by Gasteiger charge is 2.25.